The lowest BCUT2D eigenvalue weighted by molar-refractivity contribution is -0.120. The number of anilines is 1. The predicted molar refractivity (Wildman–Crippen MR) is 130 cm³/mol. The highest BCUT2D eigenvalue weighted by molar-refractivity contribution is 7.18. The minimum absolute atomic E-state index is 0.00963. The third-order valence-electron chi connectivity index (χ3n) is 5.65. The molecule has 0 saturated carbocycles. The van der Waals surface area contributed by atoms with Crippen LogP contribution in [0.2, 0.25) is 0 Å². The summed E-state index contributed by atoms with van der Waals surface area (Å²) in [6.07, 6.45) is 0.297. The third-order valence-corrected chi connectivity index (χ3v) is 6.67. The van der Waals surface area contributed by atoms with Gasteiger partial charge in [0.25, 0.3) is 0 Å². The van der Waals surface area contributed by atoms with E-state index in [0.29, 0.717) is 13.0 Å². The first-order chi connectivity index (χ1) is 15.7. The van der Waals surface area contributed by atoms with Crippen molar-refractivity contribution >= 4 is 33.1 Å². The number of nitrogens with one attached hydrogen (secondary N) is 1. The zero-order valence-electron chi connectivity index (χ0n) is 17.8. The molecule has 1 fully saturated rings. The lowest BCUT2D eigenvalue weighted by atomic mass is 10.1. The van der Waals surface area contributed by atoms with Crippen LogP contribution in [-0.4, -0.2) is 37.2 Å². The number of amides is 1. The van der Waals surface area contributed by atoms with Gasteiger partial charge >= 0.3 is 0 Å². The maximum Gasteiger partial charge on any atom is 0.227 e. The predicted octanol–water partition coefficient (Wildman–Crippen LogP) is 4.66. The molecule has 6 heteroatoms. The van der Waals surface area contributed by atoms with Crippen LogP contribution in [0.3, 0.4) is 0 Å². The summed E-state index contributed by atoms with van der Waals surface area (Å²) in [4.78, 5) is 19.5. The van der Waals surface area contributed by atoms with Crippen LogP contribution in [0.15, 0.2) is 72.8 Å². The quantitative estimate of drug-likeness (QED) is 0.471. The van der Waals surface area contributed by atoms with Gasteiger partial charge in [-0.25, -0.2) is 4.98 Å². The van der Waals surface area contributed by atoms with Crippen LogP contribution < -0.4 is 10.2 Å². The van der Waals surface area contributed by atoms with Crippen LogP contribution in [-0.2, 0) is 22.5 Å². The molecule has 0 radical (unpaired) electrons. The van der Waals surface area contributed by atoms with E-state index in [-0.39, 0.29) is 5.91 Å². The van der Waals surface area contributed by atoms with Crippen molar-refractivity contribution in [3.63, 3.8) is 0 Å². The number of carbonyl (C=O) groups excluding carboxylic acids is 1. The number of thiazole rings is 1. The van der Waals surface area contributed by atoms with Gasteiger partial charge in [-0.05, 0) is 41.0 Å². The molecule has 1 amide bonds. The largest absolute Gasteiger partial charge is 0.378 e. The molecule has 5 nitrogen and oxygen atoms in total. The first-order valence-electron chi connectivity index (χ1n) is 10.9. The van der Waals surface area contributed by atoms with Crippen molar-refractivity contribution in [2.45, 2.75) is 13.0 Å². The molecule has 3 aromatic carbocycles. The molecule has 32 heavy (non-hydrogen) atoms. The molecule has 1 aromatic heterocycles. The standard InChI is InChI=1S/C26H25N3O2S/c30-25(27-18-19-6-9-22(10-7-19)29-12-14-31-15-13-29)17-26-28-23-11-8-21(16-24(23)32-26)20-4-2-1-3-5-20/h1-11,16H,12-15,17-18H2,(H,27,30). The fourth-order valence-corrected chi connectivity index (χ4v) is 4.91. The van der Waals surface area contributed by atoms with Crippen LogP contribution in [0.4, 0.5) is 5.69 Å². The Morgan fingerprint density at radius 2 is 1.75 bits per heavy atom. The molecule has 0 atom stereocenters. The van der Waals surface area contributed by atoms with Crippen molar-refractivity contribution in [1.82, 2.24) is 10.3 Å². The summed E-state index contributed by atoms with van der Waals surface area (Å²) in [5.41, 5.74) is 5.58. The molecular weight excluding hydrogens is 418 g/mol. The summed E-state index contributed by atoms with van der Waals surface area (Å²) in [6, 6.07) is 25.0. The van der Waals surface area contributed by atoms with Gasteiger partial charge in [0.05, 0.1) is 29.9 Å². The van der Waals surface area contributed by atoms with E-state index >= 15 is 0 Å². The maximum atomic E-state index is 12.5. The molecule has 0 aliphatic carbocycles. The molecule has 0 unspecified atom stereocenters. The smallest absolute Gasteiger partial charge is 0.227 e. The van der Waals surface area contributed by atoms with Gasteiger partial charge in [-0.3, -0.25) is 4.79 Å². The molecule has 0 bridgehead atoms. The Morgan fingerprint density at radius 1 is 0.969 bits per heavy atom. The Morgan fingerprint density at radius 3 is 2.53 bits per heavy atom. The van der Waals surface area contributed by atoms with Crippen molar-refractivity contribution in [2.75, 3.05) is 31.2 Å². The second kappa shape index (κ2) is 9.51. The number of nitrogens with zero attached hydrogens (tertiary/aromatic N) is 2. The molecule has 162 valence electrons. The fourth-order valence-electron chi connectivity index (χ4n) is 3.90. The van der Waals surface area contributed by atoms with Crippen LogP contribution in [0.5, 0.6) is 0 Å². The van der Waals surface area contributed by atoms with Crippen molar-refractivity contribution < 1.29 is 9.53 Å². The van der Waals surface area contributed by atoms with Crippen molar-refractivity contribution in [1.29, 1.82) is 0 Å². The topological polar surface area (TPSA) is 54.5 Å². The lowest BCUT2D eigenvalue weighted by Gasteiger charge is -2.28. The molecule has 4 aromatic rings. The average Bonchev–Trinajstić information content (AvgIpc) is 3.25. The maximum absolute atomic E-state index is 12.5. The monoisotopic (exact) mass is 443 g/mol. The normalized spacial score (nSPS) is 13.9. The summed E-state index contributed by atoms with van der Waals surface area (Å²) in [5.74, 6) is -0.00963. The minimum Gasteiger partial charge on any atom is -0.378 e. The Labute approximate surface area is 191 Å². The number of aromatic nitrogens is 1. The minimum atomic E-state index is -0.00963. The van der Waals surface area contributed by atoms with E-state index in [1.807, 2.05) is 24.3 Å². The SMILES string of the molecule is O=C(Cc1nc2ccc(-c3ccccc3)cc2s1)NCc1ccc(N2CCOCC2)cc1. The molecule has 2 heterocycles. The van der Waals surface area contributed by atoms with E-state index in [2.05, 4.69) is 63.7 Å². The van der Waals surface area contributed by atoms with Crippen LogP contribution >= 0.6 is 11.3 Å². The Balaban J connectivity index is 1.18. The van der Waals surface area contributed by atoms with Gasteiger partial charge in [0, 0.05) is 25.3 Å². The molecular formula is C26H25N3O2S. The van der Waals surface area contributed by atoms with Crippen molar-refractivity contribution in [3.8, 4) is 11.1 Å². The fraction of sp³-hybridized carbons (Fsp3) is 0.231. The summed E-state index contributed by atoms with van der Waals surface area (Å²) in [6.45, 7) is 3.91. The molecule has 0 spiro atoms. The summed E-state index contributed by atoms with van der Waals surface area (Å²) < 4.78 is 6.51. The zero-order valence-corrected chi connectivity index (χ0v) is 18.6. The van der Waals surface area contributed by atoms with E-state index in [1.165, 1.54) is 16.8 Å². The molecule has 5 rings (SSSR count). The Hall–Kier alpha value is -3.22. The Kier molecular flexibility index (Phi) is 6.14. The number of rotatable bonds is 6. The lowest BCUT2D eigenvalue weighted by Crippen LogP contribution is -2.36. The first-order valence-corrected chi connectivity index (χ1v) is 11.7. The van der Waals surface area contributed by atoms with E-state index in [1.54, 1.807) is 11.3 Å². The summed E-state index contributed by atoms with van der Waals surface area (Å²) >= 11 is 1.59. The Bertz CT molecular complexity index is 1200. The number of ether oxygens (including phenoxy) is 1. The van der Waals surface area contributed by atoms with Gasteiger partial charge in [-0.1, -0.05) is 48.5 Å². The zero-order chi connectivity index (χ0) is 21.8. The number of morpholine rings is 1. The van der Waals surface area contributed by atoms with Crippen molar-refractivity contribution in [3.05, 3.63) is 83.4 Å². The average molecular weight is 444 g/mol. The highest BCUT2D eigenvalue weighted by Gasteiger charge is 2.12. The summed E-state index contributed by atoms with van der Waals surface area (Å²) in [7, 11) is 0. The number of fused-ring (bicyclic) bond motifs is 1. The third kappa shape index (κ3) is 4.82. The summed E-state index contributed by atoms with van der Waals surface area (Å²) in [5, 5.41) is 3.86. The van der Waals surface area contributed by atoms with Gasteiger partial charge in [0.2, 0.25) is 5.91 Å². The molecule has 1 aliphatic rings. The van der Waals surface area contributed by atoms with Gasteiger partial charge in [0.1, 0.15) is 5.01 Å². The molecule has 1 N–H and O–H groups in total. The van der Waals surface area contributed by atoms with E-state index in [9.17, 15) is 4.79 Å². The van der Waals surface area contributed by atoms with Crippen molar-refractivity contribution in [2.24, 2.45) is 0 Å². The number of hydrogen-bond acceptors (Lipinski definition) is 5. The second-order valence-corrected chi connectivity index (χ2v) is 8.99. The highest BCUT2D eigenvalue weighted by Crippen LogP contribution is 2.28. The number of benzene rings is 3. The van der Waals surface area contributed by atoms with E-state index < -0.39 is 0 Å². The van der Waals surface area contributed by atoms with Gasteiger partial charge < -0.3 is 15.0 Å². The molecule has 1 aliphatic heterocycles. The first kappa shape index (κ1) is 20.7. The highest BCUT2D eigenvalue weighted by atomic mass is 32.1. The van der Waals surface area contributed by atoms with Gasteiger partial charge in [0.15, 0.2) is 0 Å². The number of carbonyl (C=O) groups is 1. The number of hydrogen-bond donors (Lipinski definition) is 1. The van der Waals surface area contributed by atoms with Crippen LogP contribution in [0.25, 0.3) is 21.3 Å². The van der Waals surface area contributed by atoms with Gasteiger partial charge in [-0.2, -0.15) is 0 Å². The van der Waals surface area contributed by atoms with Crippen LogP contribution in [0, 0.1) is 0 Å². The molecule has 1 saturated heterocycles. The second-order valence-electron chi connectivity index (χ2n) is 7.88. The van der Waals surface area contributed by atoms with E-state index in [4.69, 9.17) is 4.74 Å². The van der Waals surface area contributed by atoms with E-state index in [0.717, 1.165) is 47.1 Å². The van der Waals surface area contributed by atoms with Gasteiger partial charge in [-0.15, -0.1) is 11.3 Å². The van der Waals surface area contributed by atoms with Crippen LogP contribution in [0.1, 0.15) is 10.6 Å².